The molecule has 1 atom stereocenters. The molecular formula is C26H27N9O2. The van der Waals surface area contributed by atoms with Crippen LogP contribution in [-0.4, -0.2) is 66.1 Å². The number of fused-ring (bicyclic) bond motifs is 1. The number of benzene rings is 1. The quantitative estimate of drug-likeness (QED) is 0.370. The standard InChI is InChI=1S/C26H27N9O2/c1-17-3-4-21(35-30-11-18(2)32-35)10-24(17)31-26(36)23-14-29-34-7-5-19(9-25(23)34)20-12-28-33(15-20)16-22-13-27-6-8-37-22/h3-5,7,9-12,14-15,22,27H,6,8,13,16H2,1-2H3,(H,31,36). The number of carbonyl (C=O) groups excluding carboxylic acids is 1. The molecule has 37 heavy (non-hydrogen) atoms. The van der Waals surface area contributed by atoms with Crippen molar-refractivity contribution in [2.24, 2.45) is 0 Å². The first-order valence-corrected chi connectivity index (χ1v) is 12.2. The van der Waals surface area contributed by atoms with Gasteiger partial charge in [0.15, 0.2) is 0 Å². The summed E-state index contributed by atoms with van der Waals surface area (Å²) in [5, 5.41) is 23.9. The number of pyridine rings is 1. The van der Waals surface area contributed by atoms with Crippen molar-refractivity contribution in [2.45, 2.75) is 26.5 Å². The molecule has 0 saturated carbocycles. The van der Waals surface area contributed by atoms with E-state index in [-0.39, 0.29) is 12.0 Å². The van der Waals surface area contributed by atoms with Gasteiger partial charge in [-0.25, -0.2) is 4.52 Å². The van der Waals surface area contributed by atoms with Gasteiger partial charge in [-0.2, -0.15) is 25.2 Å². The molecule has 188 valence electrons. The van der Waals surface area contributed by atoms with Crippen LogP contribution in [0.5, 0.6) is 0 Å². The van der Waals surface area contributed by atoms with E-state index in [1.807, 2.05) is 67.5 Å². The number of anilines is 1. The van der Waals surface area contributed by atoms with E-state index >= 15 is 0 Å². The highest BCUT2D eigenvalue weighted by Gasteiger charge is 2.17. The number of aromatic nitrogens is 7. The van der Waals surface area contributed by atoms with E-state index < -0.39 is 0 Å². The van der Waals surface area contributed by atoms with Crippen LogP contribution >= 0.6 is 0 Å². The number of nitrogens with zero attached hydrogens (tertiary/aromatic N) is 7. The number of aryl methyl sites for hydroxylation is 2. The maximum absolute atomic E-state index is 13.3. The molecule has 0 aliphatic carbocycles. The Labute approximate surface area is 213 Å². The number of hydrogen-bond acceptors (Lipinski definition) is 7. The van der Waals surface area contributed by atoms with Gasteiger partial charge < -0.3 is 15.4 Å². The first-order chi connectivity index (χ1) is 18.0. The topological polar surface area (TPSA) is 116 Å². The van der Waals surface area contributed by atoms with Crippen molar-refractivity contribution in [1.29, 1.82) is 0 Å². The number of carbonyl (C=O) groups is 1. The summed E-state index contributed by atoms with van der Waals surface area (Å²) in [4.78, 5) is 14.9. The Hall–Kier alpha value is -4.35. The second kappa shape index (κ2) is 9.60. The van der Waals surface area contributed by atoms with Crippen molar-refractivity contribution < 1.29 is 9.53 Å². The van der Waals surface area contributed by atoms with Crippen LogP contribution in [0.15, 0.2) is 61.3 Å². The average Bonchev–Trinajstić information content (AvgIpc) is 3.65. The molecule has 0 radical (unpaired) electrons. The summed E-state index contributed by atoms with van der Waals surface area (Å²) >= 11 is 0. The molecule has 11 heteroatoms. The third kappa shape index (κ3) is 4.74. The van der Waals surface area contributed by atoms with E-state index in [0.717, 1.165) is 41.2 Å². The largest absolute Gasteiger partial charge is 0.374 e. The number of nitrogens with one attached hydrogen (secondary N) is 2. The van der Waals surface area contributed by atoms with Crippen LogP contribution < -0.4 is 10.6 Å². The molecule has 5 aromatic rings. The molecule has 6 rings (SSSR count). The lowest BCUT2D eigenvalue weighted by Crippen LogP contribution is -2.40. The predicted molar refractivity (Wildman–Crippen MR) is 138 cm³/mol. The average molecular weight is 498 g/mol. The summed E-state index contributed by atoms with van der Waals surface area (Å²) in [6.07, 6.45) is 9.06. The molecular weight excluding hydrogens is 470 g/mol. The van der Waals surface area contributed by atoms with E-state index in [1.165, 1.54) is 0 Å². The van der Waals surface area contributed by atoms with Crippen LogP contribution in [0.4, 0.5) is 5.69 Å². The summed E-state index contributed by atoms with van der Waals surface area (Å²) in [6, 6.07) is 9.65. The van der Waals surface area contributed by atoms with Crippen LogP contribution in [0.2, 0.25) is 0 Å². The zero-order valence-electron chi connectivity index (χ0n) is 20.6. The van der Waals surface area contributed by atoms with E-state index in [0.29, 0.717) is 29.9 Å². The SMILES string of the molecule is Cc1cnn(-c2ccc(C)c(NC(=O)c3cnn4ccc(-c5cnn(CC6CNCCO6)c5)cc34)c2)n1. The molecule has 1 saturated heterocycles. The van der Waals surface area contributed by atoms with Gasteiger partial charge in [-0.05, 0) is 49.2 Å². The fraction of sp³-hybridized carbons (Fsp3) is 0.269. The predicted octanol–water partition coefficient (Wildman–Crippen LogP) is 2.64. The first kappa shape index (κ1) is 23.1. The Morgan fingerprint density at radius 1 is 1.11 bits per heavy atom. The second-order valence-electron chi connectivity index (χ2n) is 9.18. The molecule has 2 N–H and O–H groups in total. The number of hydrogen-bond donors (Lipinski definition) is 2. The monoisotopic (exact) mass is 497 g/mol. The zero-order chi connectivity index (χ0) is 25.4. The Morgan fingerprint density at radius 2 is 2.03 bits per heavy atom. The van der Waals surface area contributed by atoms with Crippen LogP contribution in [0.3, 0.4) is 0 Å². The molecule has 1 fully saturated rings. The Bertz CT molecular complexity index is 1580. The molecule has 1 amide bonds. The summed E-state index contributed by atoms with van der Waals surface area (Å²) in [5.41, 5.74) is 6.31. The van der Waals surface area contributed by atoms with Crippen molar-refractivity contribution in [1.82, 2.24) is 39.7 Å². The minimum atomic E-state index is -0.241. The van der Waals surface area contributed by atoms with Crippen LogP contribution in [0.25, 0.3) is 22.3 Å². The number of amides is 1. The highest BCUT2D eigenvalue weighted by atomic mass is 16.5. The van der Waals surface area contributed by atoms with Crippen molar-refractivity contribution in [3.8, 4) is 16.8 Å². The second-order valence-corrected chi connectivity index (χ2v) is 9.18. The molecule has 11 nitrogen and oxygen atoms in total. The van der Waals surface area contributed by atoms with Gasteiger partial charge in [-0.15, -0.1) is 0 Å². The highest BCUT2D eigenvalue weighted by molar-refractivity contribution is 6.09. The normalized spacial score (nSPS) is 15.8. The fourth-order valence-electron chi connectivity index (χ4n) is 4.42. The van der Waals surface area contributed by atoms with Crippen molar-refractivity contribution >= 4 is 17.1 Å². The lowest BCUT2D eigenvalue weighted by molar-refractivity contribution is 0.0161. The Kier molecular flexibility index (Phi) is 5.99. The Morgan fingerprint density at radius 3 is 2.84 bits per heavy atom. The van der Waals surface area contributed by atoms with Crippen molar-refractivity contribution in [2.75, 3.05) is 25.0 Å². The molecule has 0 bridgehead atoms. The smallest absolute Gasteiger partial charge is 0.259 e. The first-order valence-electron chi connectivity index (χ1n) is 12.2. The number of ether oxygens (including phenoxy) is 1. The van der Waals surface area contributed by atoms with E-state index in [4.69, 9.17) is 4.74 Å². The van der Waals surface area contributed by atoms with E-state index in [2.05, 4.69) is 31.0 Å². The minimum Gasteiger partial charge on any atom is -0.374 e. The zero-order valence-corrected chi connectivity index (χ0v) is 20.6. The maximum Gasteiger partial charge on any atom is 0.259 e. The molecule has 5 heterocycles. The van der Waals surface area contributed by atoms with Crippen LogP contribution in [-0.2, 0) is 11.3 Å². The minimum absolute atomic E-state index is 0.101. The summed E-state index contributed by atoms with van der Waals surface area (Å²) in [6.45, 7) is 6.92. The molecule has 1 unspecified atom stereocenters. The van der Waals surface area contributed by atoms with Crippen LogP contribution in [0.1, 0.15) is 21.6 Å². The molecule has 1 aliphatic rings. The maximum atomic E-state index is 13.3. The fourth-order valence-corrected chi connectivity index (χ4v) is 4.42. The third-order valence-corrected chi connectivity index (χ3v) is 6.43. The third-order valence-electron chi connectivity index (χ3n) is 6.43. The summed E-state index contributed by atoms with van der Waals surface area (Å²) in [7, 11) is 0. The lowest BCUT2D eigenvalue weighted by Gasteiger charge is -2.23. The van der Waals surface area contributed by atoms with E-state index in [9.17, 15) is 4.79 Å². The van der Waals surface area contributed by atoms with Gasteiger partial charge >= 0.3 is 0 Å². The van der Waals surface area contributed by atoms with E-state index in [1.54, 1.807) is 21.7 Å². The van der Waals surface area contributed by atoms with Gasteiger partial charge in [0.25, 0.3) is 5.91 Å². The molecule has 1 aliphatic heterocycles. The van der Waals surface area contributed by atoms with Gasteiger partial charge in [0.05, 0.1) is 60.3 Å². The number of morpholine rings is 1. The number of rotatable bonds is 6. The lowest BCUT2D eigenvalue weighted by atomic mass is 10.1. The molecule has 1 aromatic carbocycles. The van der Waals surface area contributed by atoms with Gasteiger partial charge in [-0.3, -0.25) is 9.48 Å². The van der Waals surface area contributed by atoms with Crippen LogP contribution in [0, 0.1) is 13.8 Å². The highest BCUT2D eigenvalue weighted by Crippen LogP contribution is 2.24. The Balaban J connectivity index is 1.24. The van der Waals surface area contributed by atoms with Crippen molar-refractivity contribution in [3.05, 3.63) is 78.1 Å². The van der Waals surface area contributed by atoms with Gasteiger partial charge in [0.2, 0.25) is 0 Å². The van der Waals surface area contributed by atoms with Crippen molar-refractivity contribution in [3.63, 3.8) is 0 Å². The summed E-state index contributed by atoms with van der Waals surface area (Å²) in [5.74, 6) is -0.241. The summed E-state index contributed by atoms with van der Waals surface area (Å²) < 4.78 is 9.38. The molecule has 4 aromatic heterocycles. The molecule has 0 spiro atoms. The van der Waals surface area contributed by atoms with Gasteiger partial charge in [0.1, 0.15) is 0 Å². The van der Waals surface area contributed by atoms with Gasteiger partial charge in [-0.1, -0.05) is 6.07 Å². The van der Waals surface area contributed by atoms with Gasteiger partial charge in [0, 0.05) is 36.7 Å².